The lowest BCUT2D eigenvalue weighted by atomic mass is 10.1. The van der Waals surface area contributed by atoms with E-state index in [-0.39, 0.29) is 12.5 Å². The van der Waals surface area contributed by atoms with Crippen molar-refractivity contribution in [3.05, 3.63) is 35.1 Å². The molecule has 0 atom stereocenters. The third-order valence-corrected chi connectivity index (χ3v) is 2.86. The zero-order valence-corrected chi connectivity index (χ0v) is 12.2. The van der Waals surface area contributed by atoms with Gasteiger partial charge in [-0.2, -0.15) is 0 Å². The molecule has 0 heterocycles. The Hall–Kier alpha value is -1.90. The molecule has 5 heteroatoms. The first-order valence-corrected chi connectivity index (χ1v) is 6.94. The fourth-order valence-corrected chi connectivity index (χ4v) is 1.81. The van der Waals surface area contributed by atoms with E-state index < -0.39 is 5.82 Å². The molecule has 4 nitrogen and oxygen atoms in total. The zero-order valence-electron chi connectivity index (χ0n) is 12.2. The predicted molar refractivity (Wildman–Crippen MR) is 80.4 cm³/mol. The van der Waals surface area contributed by atoms with Crippen LogP contribution < -0.4 is 11.1 Å². The van der Waals surface area contributed by atoms with Crippen molar-refractivity contribution in [2.75, 3.05) is 26.8 Å². The minimum atomic E-state index is -0.424. The van der Waals surface area contributed by atoms with Crippen molar-refractivity contribution in [2.45, 2.75) is 19.3 Å². The number of halogens is 1. The van der Waals surface area contributed by atoms with Crippen molar-refractivity contribution < 1.29 is 13.9 Å². The van der Waals surface area contributed by atoms with Gasteiger partial charge in [0.2, 0.25) is 0 Å². The second-order valence-electron chi connectivity index (χ2n) is 4.51. The van der Waals surface area contributed by atoms with Crippen LogP contribution in [0.1, 0.15) is 35.2 Å². The van der Waals surface area contributed by atoms with Gasteiger partial charge in [0.15, 0.2) is 0 Å². The number of ether oxygens (including phenoxy) is 1. The Morgan fingerprint density at radius 3 is 2.90 bits per heavy atom. The van der Waals surface area contributed by atoms with Gasteiger partial charge in [0.1, 0.15) is 5.82 Å². The number of hydrogen-bond acceptors (Lipinski definition) is 3. The summed E-state index contributed by atoms with van der Waals surface area (Å²) in [6, 6.07) is 3.94. The van der Waals surface area contributed by atoms with E-state index in [1.165, 1.54) is 18.2 Å². The van der Waals surface area contributed by atoms with Gasteiger partial charge >= 0.3 is 0 Å². The summed E-state index contributed by atoms with van der Waals surface area (Å²) in [5.74, 6) is 4.68. The minimum absolute atomic E-state index is 0.164. The number of hydrogen-bond donors (Lipinski definition) is 2. The molecule has 1 aromatic carbocycles. The number of nitrogens with one attached hydrogen (secondary N) is 1. The number of carbonyl (C=O) groups is 1. The Bertz CT molecular complexity index is 521. The molecule has 21 heavy (non-hydrogen) atoms. The number of unbranched alkanes of at least 4 members (excludes halogenated alkanes) is 2. The second-order valence-corrected chi connectivity index (χ2v) is 4.51. The Balaban J connectivity index is 2.57. The zero-order chi connectivity index (χ0) is 15.5. The first-order chi connectivity index (χ1) is 10.2. The van der Waals surface area contributed by atoms with Crippen LogP contribution in [0.3, 0.4) is 0 Å². The van der Waals surface area contributed by atoms with Gasteiger partial charge in [-0.05, 0) is 37.5 Å². The van der Waals surface area contributed by atoms with E-state index >= 15 is 0 Å². The van der Waals surface area contributed by atoms with Crippen molar-refractivity contribution in [1.29, 1.82) is 0 Å². The Labute approximate surface area is 124 Å². The van der Waals surface area contributed by atoms with Gasteiger partial charge in [-0.25, -0.2) is 4.39 Å². The third kappa shape index (κ3) is 6.39. The van der Waals surface area contributed by atoms with Crippen molar-refractivity contribution in [1.82, 2.24) is 5.32 Å². The van der Waals surface area contributed by atoms with Crippen LogP contribution in [0, 0.1) is 17.7 Å². The van der Waals surface area contributed by atoms with Crippen LogP contribution in [0.25, 0.3) is 0 Å². The first-order valence-electron chi connectivity index (χ1n) is 6.94. The lowest BCUT2D eigenvalue weighted by Crippen LogP contribution is -2.25. The molecule has 0 bridgehead atoms. The molecule has 1 amide bonds. The quantitative estimate of drug-likeness (QED) is 0.593. The van der Waals surface area contributed by atoms with E-state index in [1.807, 2.05) is 0 Å². The fraction of sp³-hybridized carbons (Fsp3) is 0.438. The van der Waals surface area contributed by atoms with Gasteiger partial charge in [0, 0.05) is 25.8 Å². The summed E-state index contributed by atoms with van der Waals surface area (Å²) in [6.45, 7) is 1.46. The normalized spacial score (nSPS) is 9.86. The Kier molecular flexibility index (Phi) is 8.10. The number of rotatable bonds is 7. The van der Waals surface area contributed by atoms with Gasteiger partial charge < -0.3 is 15.8 Å². The van der Waals surface area contributed by atoms with Crippen LogP contribution in [0.5, 0.6) is 0 Å². The van der Waals surface area contributed by atoms with E-state index in [4.69, 9.17) is 10.5 Å². The molecule has 0 aliphatic heterocycles. The highest BCUT2D eigenvalue weighted by atomic mass is 19.1. The van der Waals surface area contributed by atoms with E-state index in [9.17, 15) is 9.18 Å². The summed E-state index contributed by atoms with van der Waals surface area (Å²) >= 11 is 0. The number of amides is 1. The number of nitrogens with two attached hydrogens (primary N) is 1. The third-order valence-electron chi connectivity index (χ3n) is 2.86. The standard InChI is InChI=1S/C16H21FN2O2/c1-21-11-4-2-3-10-19-16(20)15-8-7-14(17)12-13(15)6-5-9-18/h7-8,12H,2-4,9-11,18H2,1H3,(H,19,20). The maximum absolute atomic E-state index is 13.2. The van der Waals surface area contributed by atoms with Crippen LogP contribution >= 0.6 is 0 Å². The van der Waals surface area contributed by atoms with Crippen LogP contribution in [0.2, 0.25) is 0 Å². The molecule has 3 N–H and O–H groups in total. The first kappa shape index (κ1) is 17.2. The average Bonchev–Trinajstić information content (AvgIpc) is 2.48. The van der Waals surface area contributed by atoms with Crippen molar-refractivity contribution in [3.63, 3.8) is 0 Å². The molecule has 1 rings (SSSR count). The summed E-state index contributed by atoms with van der Waals surface area (Å²) in [6.07, 6.45) is 2.83. The molecule has 0 fully saturated rings. The van der Waals surface area contributed by atoms with Crippen LogP contribution in [-0.2, 0) is 4.74 Å². The molecule has 0 saturated heterocycles. The molecular weight excluding hydrogens is 271 g/mol. The molecule has 114 valence electrons. The molecule has 0 radical (unpaired) electrons. The summed E-state index contributed by atoms with van der Waals surface area (Å²) in [5.41, 5.74) is 6.03. The van der Waals surface area contributed by atoms with Gasteiger partial charge in [0.25, 0.3) is 5.91 Å². The topological polar surface area (TPSA) is 64.3 Å². The highest BCUT2D eigenvalue weighted by molar-refractivity contribution is 5.96. The predicted octanol–water partition coefficient (Wildman–Crippen LogP) is 1.68. The minimum Gasteiger partial charge on any atom is -0.385 e. The van der Waals surface area contributed by atoms with Crippen molar-refractivity contribution in [3.8, 4) is 11.8 Å². The highest BCUT2D eigenvalue weighted by Gasteiger charge is 2.10. The van der Waals surface area contributed by atoms with Crippen LogP contribution in [0.15, 0.2) is 18.2 Å². The van der Waals surface area contributed by atoms with Crippen LogP contribution in [0.4, 0.5) is 4.39 Å². The molecular formula is C16H21FN2O2. The molecule has 0 unspecified atom stereocenters. The van der Waals surface area contributed by atoms with Crippen LogP contribution in [-0.4, -0.2) is 32.7 Å². The van der Waals surface area contributed by atoms with E-state index in [0.717, 1.165) is 25.9 Å². The molecule has 0 saturated carbocycles. The fourth-order valence-electron chi connectivity index (χ4n) is 1.81. The molecule has 0 aliphatic carbocycles. The summed E-state index contributed by atoms with van der Waals surface area (Å²) < 4.78 is 18.2. The van der Waals surface area contributed by atoms with Crippen molar-refractivity contribution in [2.24, 2.45) is 5.73 Å². The molecule has 1 aromatic rings. The highest BCUT2D eigenvalue weighted by Crippen LogP contribution is 2.10. The SMILES string of the molecule is COCCCCCNC(=O)c1ccc(F)cc1C#CCN. The second kappa shape index (κ2) is 9.92. The monoisotopic (exact) mass is 292 g/mol. The summed E-state index contributed by atoms with van der Waals surface area (Å²) in [4.78, 5) is 12.1. The maximum atomic E-state index is 13.2. The lowest BCUT2D eigenvalue weighted by molar-refractivity contribution is 0.0952. The largest absolute Gasteiger partial charge is 0.385 e. The molecule has 0 spiro atoms. The smallest absolute Gasteiger partial charge is 0.252 e. The average molecular weight is 292 g/mol. The van der Waals surface area contributed by atoms with Gasteiger partial charge in [-0.1, -0.05) is 11.8 Å². The molecule has 0 aliphatic rings. The number of methoxy groups -OCH3 is 1. The Morgan fingerprint density at radius 2 is 2.19 bits per heavy atom. The summed E-state index contributed by atoms with van der Waals surface area (Å²) in [5, 5.41) is 2.81. The van der Waals surface area contributed by atoms with Gasteiger partial charge in [0.05, 0.1) is 12.1 Å². The van der Waals surface area contributed by atoms with Crippen molar-refractivity contribution >= 4 is 5.91 Å². The Morgan fingerprint density at radius 1 is 1.38 bits per heavy atom. The van der Waals surface area contributed by atoms with E-state index in [0.29, 0.717) is 17.7 Å². The van der Waals surface area contributed by atoms with Gasteiger partial charge in [-0.3, -0.25) is 4.79 Å². The van der Waals surface area contributed by atoms with Gasteiger partial charge in [-0.15, -0.1) is 0 Å². The number of benzene rings is 1. The van der Waals surface area contributed by atoms with E-state index in [1.54, 1.807) is 7.11 Å². The number of carbonyl (C=O) groups excluding carboxylic acids is 1. The van der Waals surface area contributed by atoms with E-state index in [2.05, 4.69) is 17.2 Å². The summed E-state index contributed by atoms with van der Waals surface area (Å²) in [7, 11) is 1.67. The lowest BCUT2D eigenvalue weighted by Gasteiger charge is -2.07. The maximum Gasteiger partial charge on any atom is 0.252 e. The molecule has 0 aromatic heterocycles.